The molecule has 150 valence electrons. The summed E-state index contributed by atoms with van der Waals surface area (Å²) in [6.07, 6.45) is 6.03. The van der Waals surface area contributed by atoms with Gasteiger partial charge >= 0.3 is 0 Å². The van der Waals surface area contributed by atoms with Crippen LogP contribution in [0.4, 0.5) is 0 Å². The number of hydrogen-bond donors (Lipinski definition) is 0. The lowest BCUT2D eigenvalue weighted by atomic mass is 10.0. The van der Waals surface area contributed by atoms with E-state index < -0.39 is 9.84 Å². The molecule has 7 nitrogen and oxygen atoms in total. The number of amides is 1. The number of likely N-dealkylation sites (N-methyl/N-ethyl adjacent to an activating group) is 1. The molecular formula is C19H30N4O3S. The van der Waals surface area contributed by atoms with Crippen LogP contribution in [0.25, 0.3) is 0 Å². The summed E-state index contributed by atoms with van der Waals surface area (Å²) in [5.74, 6) is 0.807. The Morgan fingerprint density at radius 2 is 2.00 bits per heavy atom. The van der Waals surface area contributed by atoms with Gasteiger partial charge in [0.15, 0.2) is 15.5 Å². The zero-order valence-electron chi connectivity index (χ0n) is 16.3. The Morgan fingerprint density at radius 1 is 1.22 bits per heavy atom. The number of nitrogens with zero attached hydrogens (tertiary/aromatic N) is 4. The molecule has 27 heavy (non-hydrogen) atoms. The van der Waals surface area contributed by atoms with Gasteiger partial charge in [-0.3, -0.25) is 9.48 Å². The van der Waals surface area contributed by atoms with E-state index in [1.807, 2.05) is 29.7 Å². The highest BCUT2D eigenvalue weighted by Crippen LogP contribution is 2.42. The summed E-state index contributed by atoms with van der Waals surface area (Å²) in [5.41, 5.74) is 1.55. The van der Waals surface area contributed by atoms with E-state index >= 15 is 0 Å². The van der Waals surface area contributed by atoms with Crippen LogP contribution in [0, 0.1) is 0 Å². The summed E-state index contributed by atoms with van der Waals surface area (Å²) in [6, 6.07) is 2.04. The lowest BCUT2D eigenvalue weighted by Gasteiger charge is -2.36. The number of carbonyl (C=O) groups excluding carboxylic acids is 1. The zero-order chi connectivity index (χ0) is 19.2. The van der Waals surface area contributed by atoms with Gasteiger partial charge in [0.2, 0.25) is 0 Å². The maximum atomic E-state index is 13.3. The highest BCUT2D eigenvalue weighted by molar-refractivity contribution is 7.91. The fraction of sp³-hybridized carbons (Fsp3) is 0.789. The van der Waals surface area contributed by atoms with Crippen LogP contribution in [0.15, 0.2) is 6.07 Å². The van der Waals surface area contributed by atoms with Crippen molar-refractivity contribution in [1.82, 2.24) is 19.6 Å². The van der Waals surface area contributed by atoms with Gasteiger partial charge in [-0.25, -0.2) is 8.42 Å². The van der Waals surface area contributed by atoms with Crippen molar-refractivity contribution in [3.8, 4) is 0 Å². The molecule has 3 heterocycles. The van der Waals surface area contributed by atoms with Crippen molar-refractivity contribution in [2.45, 2.75) is 56.5 Å². The minimum Gasteiger partial charge on any atom is -0.333 e. The molecular weight excluding hydrogens is 364 g/mol. The molecule has 2 aliphatic heterocycles. The number of aromatic nitrogens is 2. The van der Waals surface area contributed by atoms with E-state index in [2.05, 4.69) is 10.00 Å². The first kappa shape index (κ1) is 18.9. The number of piperidine rings is 1. The van der Waals surface area contributed by atoms with Crippen molar-refractivity contribution in [1.29, 1.82) is 0 Å². The molecule has 1 aromatic rings. The van der Waals surface area contributed by atoms with Gasteiger partial charge in [0.1, 0.15) is 0 Å². The van der Waals surface area contributed by atoms with Crippen LogP contribution < -0.4 is 0 Å². The minimum absolute atomic E-state index is 0.00283. The molecule has 0 spiro atoms. The van der Waals surface area contributed by atoms with Crippen molar-refractivity contribution < 1.29 is 13.2 Å². The Hall–Kier alpha value is -1.41. The molecule has 4 rings (SSSR count). The Bertz CT molecular complexity index is 813. The molecule has 2 saturated heterocycles. The van der Waals surface area contributed by atoms with Crippen molar-refractivity contribution >= 4 is 15.7 Å². The minimum atomic E-state index is -2.98. The maximum Gasteiger partial charge on any atom is 0.274 e. The molecule has 0 aromatic carbocycles. The Kier molecular flexibility index (Phi) is 5.05. The average molecular weight is 395 g/mol. The Labute approximate surface area is 161 Å². The van der Waals surface area contributed by atoms with Gasteiger partial charge in [0, 0.05) is 30.7 Å². The van der Waals surface area contributed by atoms with E-state index in [-0.39, 0.29) is 29.5 Å². The number of likely N-dealkylation sites (tertiary alicyclic amines) is 1. The normalized spacial score (nSPS) is 28.0. The van der Waals surface area contributed by atoms with Crippen LogP contribution in [-0.4, -0.2) is 78.6 Å². The first-order valence-electron chi connectivity index (χ1n) is 10.1. The quantitative estimate of drug-likeness (QED) is 0.759. The second kappa shape index (κ2) is 7.20. The summed E-state index contributed by atoms with van der Waals surface area (Å²) in [7, 11) is 1.10. The van der Waals surface area contributed by atoms with Crippen LogP contribution in [0.1, 0.15) is 66.7 Å². The van der Waals surface area contributed by atoms with Crippen molar-refractivity contribution in [3.63, 3.8) is 0 Å². The van der Waals surface area contributed by atoms with Crippen LogP contribution in [0.2, 0.25) is 0 Å². The smallest absolute Gasteiger partial charge is 0.274 e. The second-order valence-electron chi connectivity index (χ2n) is 8.64. The van der Waals surface area contributed by atoms with Gasteiger partial charge in [-0.05, 0) is 58.7 Å². The third-order valence-electron chi connectivity index (χ3n) is 6.00. The molecule has 1 aromatic heterocycles. The molecule has 1 aliphatic carbocycles. The Morgan fingerprint density at radius 3 is 2.63 bits per heavy atom. The van der Waals surface area contributed by atoms with Crippen LogP contribution in [-0.2, 0) is 9.84 Å². The maximum absolute atomic E-state index is 13.3. The summed E-state index contributed by atoms with van der Waals surface area (Å²) < 4.78 is 25.7. The lowest BCUT2D eigenvalue weighted by Crippen LogP contribution is -2.48. The summed E-state index contributed by atoms with van der Waals surface area (Å²) in [6.45, 7) is 1.64. The van der Waals surface area contributed by atoms with E-state index in [9.17, 15) is 13.2 Å². The molecule has 8 heteroatoms. The largest absolute Gasteiger partial charge is 0.333 e. The third-order valence-corrected chi connectivity index (χ3v) is 7.75. The van der Waals surface area contributed by atoms with Crippen LogP contribution >= 0.6 is 0 Å². The molecule has 2 atom stereocenters. The van der Waals surface area contributed by atoms with E-state index in [0.29, 0.717) is 18.0 Å². The fourth-order valence-corrected chi connectivity index (χ4v) is 6.18. The van der Waals surface area contributed by atoms with Gasteiger partial charge in [-0.1, -0.05) is 0 Å². The van der Waals surface area contributed by atoms with E-state index in [4.69, 9.17) is 0 Å². The SMILES string of the molecule is CN(C)C[C@@H]1CCCCN1C(=O)c1cc(C2CC2)n([C@H]2CCS(=O)(=O)C2)n1. The summed E-state index contributed by atoms with van der Waals surface area (Å²) >= 11 is 0. The predicted molar refractivity (Wildman–Crippen MR) is 104 cm³/mol. The fourth-order valence-electron chi connectivity index (χ4n) is 4.48. The van der Waals surface area contributed by atoms with Gasteiger partial charge in [-0.15, -0.1) is 0 Å². The van der Waals surface area contributed by atoms with E-state index in [0.717, 1.165) is 50.9 Å². The van der Waals surface area contributed by atoms with Gasteiger partial charge in [0.05, 0.1) is 17.5 Å². The zero-order valence-corrected chi connectivity index (χ0v) is 17.1. The third kappa shape index (κ3) is 4.06. The molecule has 1 amide bonds. The number of sulfone groups is 1. The first-order chi connectivity index (χ1) is 12.8. The van der Waals surface area contributed by atoms with Crippen LogP contribution in [0.3, 0.4) is 0 Å². The number of rotatable bonds is 5. The van der Waals surface area contributed by atoms with Crippen molar-refractivity contribution in [2.24, 2.45) is 0 Å². The summed E-state index contributed by atoms with van der Waals surface area (Å²) in [5, 5.41) is 4.66. The van der Waals surface area contributed by atoms with E-state index in [1.165, 1.54) is 0 Å². The molecule has 0 N–H and O–H groups in total. The molecule has 3 aliphatic rings. The molecule has 0 bridgehead atoms. The highest BCUT2D eigenvalue weighted by Gasteiger charge is 2.37. The number of carbonyl (C=O) groups is 1. The summed E-state index contributed by atoms with van der Waals surface area (Å²) in [4.78, 5) is 17.4. The average Bonchev–Trinajstić information content (AvgIpc) is 3.25. The van der Waals surface area contributed by atoms with Gasteiger partial charge in [0.25, 0.3) is 5.91 Å². The monoisotopic (exact) mass is 394 g/mol. The molecule has 3 fully saturated rings. The number of hydrogen-bond acceptors (Lipinski definition) is 5. The first-order valence-corrected chi connectivity index (χ1v) is 11.9. The van der Waals surface area contributed by atoms with Crippen LogP contribution in [0.5, 0.6) is 0 Å². The molecule has 0 unspecified atom stereocenters. The topological polar surface area (TPSA) is 75.5 Å². The van der Waals surface area contributed by atoms with Crippen molar-refractivity contribution in [3.05, 3.63) is 17.5 Å². The molecule has 0 radical (unpaired) electrons. The highest BCUT2D eigenvalue weighted by atomic mass is 32.2. The predicted octanol–water partition coefficient (Wildman–Crippen LogP) is 1.68. The Balaban J connectivity index is 1.59. The lowest BCUT2D eigenvalue weighted by molar-refractivity contribution is 0.0567. The second-order valence-corrected chi connectivity index (χ2v) is 10.9. The van der Waals surface area contributed by atoms with Crippen molar-refractivity contribution in [2.75, 3.05) is 38.7 Å². The standard InChI is InChI=1S/C19H30N4O3S/c1-21(2)12-15-5-3-4-9-22(15)19(24)17-11-18(14-6-7-14)23(20-17)16-8-10-27(25,26)13-16/h11,14-16H,3-10,12-13H2,1-2H3/t15-,16-/m0/s1. The molecule has 1 saturated carbocycles. The van der Waals surface area contributed by atoms with Gasteiger partial charge in [-0.2, -0.15) is 5.10 Å². The van der Waals surface area contributed by atoms with Gasteiger partial charge < -0.3 is 9.80 Å². The van der Waals surface area contributed by atoms with E-state index in [1.54, 1.807) is 0 Å².